The Morgan fingerprint density at radius 2 is 1.90 bits per heavy atom. The van der Waals surface area contributed by atoms with E-state index in [0.717, 1.165) is 37.9 Å². The molecule has 30 heavy (non-hydrogen) atoms. The van der Waals surface area contributed by atoms with Crippen LogP contribution in [-0.2, 0) is 9.59 Å². The van der Waals surface area contributed by atoms with Gasteiger partial charge >= 0.3 is 0 Å². The Hall–Kier alpha value is -2.35. The van der Waals surface area contributed by atoms with Crippen LogP contribution in [0.3, 0.4) is 0 Å². The molecule has 162 valence electrons. The largest absolute Gasteiger partial charge is 0.346 e. The molecule has 2 aromatic rings. The summed E-state index contributed by atoms with van der Waals surface area (Å²) in [5.74, 6) is 0.660. The summed E-state index contributed by atoms with van der Waals surface area (Å²) < 4.78 is 1.90. The lowest BCUT2D eigenvalue weighted by Crippen LogP contribution is -2.44. The summed E-state index contributed by atoms with van der Waals surface area (Å²) in [4.78, 5) is 29.0. The average molecular weight is 430 g/mol. The third-order valence-corrected chi connectivity index (χ3v) is 6.50. The van der Waals surface area contributed by atoms with Crippen LogP contribution in [0.4, 0.5) is 0 Å². The quantitative estimate of drug-likeness (QED) is 0.603. The van der Waals surface area contributed by atoms with E-state index in [1.54, 1.807) is 6.33 Å². The van der Waals surface area contributed by atoms with Crippen LogP contribution in [0.2, 0.25) is 0 Å². The van der Waals surface area contributed by atoms with Gasteiger partial charge < -0.3 is 9.80 Å². The minimum absolute atomic E-state index is 0.0354. The zero-order valence-corrected chi connectivity index (χ0v) is 18.9. The van der Waals surface area contributed by atoms with Crippen LogP contribution < -0.4 is 0 Å². The second-order valence-electron chi connectivity index (χ2n) is 7.88. The summed E-state index contributed by atoms with van der Waals surface area (Å²) in [5, 5.41) is 8.87. The van der Waals surface area contributed by atoms with Crippen molar-refractivity contribution in [1.82, 2.24) is 24.6 Å². The fourth-order valence-electron chi connectivity index (χ4n) is 3.62. The third kappa shape index (κ3) is 5.62. The van der Waals surface area contributed by atoms with Crippen molar-refractivity contribution in [3.8, 4) is 5.69 Å². The van der Waals surface area contributed by atoms with Crippen LogP contribution in [-0.4, -0.2) is 68.8 Å². The third-order valence-electron chi connectivity index (χ3n) is 5.57. The smallest absolute Gasteiger partial charge is 0.233 e. The summed E-state index contributed by atoms with van der Waals surface area (Å²) in [7, 11) is 1.89. The van der Waals surface area contributed by atoms with Gasteiger partial charge in [0.2, 0.25) is 11.8 Å². The highest BCUT2D eigenvalue weighted by molar-refractivity contribution is 7.99. The second kappa shape index (κ2) is 10.6. The number of carbonyl (C=O) groups excluding carboxylic acids is 2. The Morgan fingerprint density at radius 3 is 2.57 bits per heavy atom. The van der Waals surface area contributed by atoms with E-state index in [1.165, 1.54) is 17.3 Å². The zero-order chi connectivity index (χ0) is 21.5. The van der Waals surface area contributed by atoms with Crippen molar-refractivity contribution in [2.45, 2.75) is 44.7 Å². The molecule has 8 heteroatoms. The van der Waals surface area contributed by atoms with Gasteiger partial charge in [0, 0.05) is 38.3 Å². The molecule has 0 aliphatic carbocycles. The van der Waals surface area contributed by atoms with Crippen LogP contribution in [0, 0.1) is 12.8 Å². The topological polar surface area (TPSA) is 71.3 Å². The number of aryl methyl sites for hydroxylation is 1. The number of carbonyl (C=O) groups is 2. The number of hydrogen-bond donors (Lipinski definition) is 0. The van der Waals surface area contributed by atoms with Crippen molar-refractivity contribution in [1.29, 1.82) is 0 Å². The molecule has 7 nitrogen and oxygen atoms in total. The minimum Gasteiger partial charge on any atom is -0.346 e. The maximum Gasteiger partial charge on any atom is 0.233 e. The van der Waals surface area contributed by atoms with E-state index in [9.17, 15) is 9.59 Å². The van der Waals surface area contributed by atoms with Gasteiger partial charge in [0.15, 0.2) is 5.16 Å². The first-order chi connectivity index (χ1) is 14.5. The molecule has 1 saturated heterocycles. The maximum absolute atomic E-state index is 12.7. The van der Waals surface area contributed by atoms with Crippen LogP contribution in [0.1, 0.15) is 38.2 Å². The van der Waals surface area contributed by atoms with Gasteiger partial charge in [0.25, 0.3) is 0 Å². The van der Waals surface area contributed by atoms with E-state index in [1.807, 2.05) is 52.6 Å². The predicted octanol–water partition coefficient (Wildman–Crippen LogP) is 3.16. The molecule has 0 unspecified atom stereocenters. The molecule has 0 saturated carbocycles. The van der Waals surface area contributed by atoms with Crippen LogP contribution in [0.15, 0.2) is 35.7 Å². The van der Waals surface area contributed by atoms with E-state index < -0.39 is 0 Å². The Balaban J connectivity index is 1.49. The lowest BCUT2D eigenvalue weighted by atomic mass is 9.95. The molecular weight excluding hydrogens is 398 g/mol. The molecular formula is C22H31N5O2S. The van der Waals surface area contributed by atoms with Crippen molar-refractivity contribution in [2.75, 3.05) is 32.4 Å². The minimum atomic E-state index is 0.0354. The average Bonchev–Trinajstić information content (AvgIpc) is 3.24. The van der Waals surface area contributed by atoms with Crippen LogP contribution in [0.5, 0.6) is 0 Å². The summed E-state index contributed by atoms with van der Waals surface area (Å²) in [5.41, 5.74) is 2.17. The number of nitrogens with zero attached hydrogens (tertiary/aromatic N) is 5. The molecule has 0 bridgehead atoms. The first kappa shape index (κ1) is 22.3. The summed E-state index contributed by atoms with van der Waals surface area (Å²) in [6, 6.07) is 8.12. The highest BCUT2D eigenvalue weighted by Crippen LogP contribution is 2.23. The highest BCUT2D eigenvalue weighted by Gasteiger charge is 2.29. The Kier molecular flexibility index (Phi) is 7.90. The number of rotatable bonds is 8. The van der Waals surface area contributed by atoms with Crippen LogP contribution >= 0.6 is 11.8 Å². The summed E-state index contributed by atoms with van der Waals surface area (Å²) in [6.07, 6.45) is 5.27. The van der Waals surface area contributed by atoms with E-state index in [2.05, 4.69) is 17.1 Å². The van der Waals surface area contributed by atoms with Crippen molar-refractivity contribution in [3.63, 3.8) is 0 Å². The first-order valence-corrected chi connectivity index (χ1v) is 11.6. The number of benzene rings is 1. The molecule has 0 atom stereocenters. The normalized spacial score (nSPS) is 14.7. The zero-order valence-electron chi connectivity index (χ0n) is 18.1. The number of likely N-dealkylation sites (tertiary alicyclic amines) is 1. The van der Waals surface area contributed by atoms with Gasteiger partial charge in [0.1, 0.15) is 6.33 Å². The number of unbranched alkanes of at least 4 members (excludes halogenated alkanes) is 1. The molecule has 1 aromatic carbocycles. The van der Waals surface area contributed by atoms with Gasteiger partial charge in [-0.3, -0.25) is 14.2 Å². The standard InChI is InChI=1S/C22H31N5O2S/c1-4-5-12-25(3)21(29)18-10-13-26(14-11-18)20(28)15-30-22-24-23-16-27(22)19-8-6-17(2)7-9-19/h6-9,16,18H,4-5,10-15H2,1-3H3. The van der Waals surface area contributed by atoms with Crippen molar-refractivity contribution in [3.05, 3.63) is 36.2 Å². The highest BCUT2D eigenvalue weighted by atomic mass is 32.2. The molecule has 0 N–H and O–H groups in total. The van der Waals surface area contributed by atoms with E-state index in [0.29, 0.717) is 24.0 Å². The van der Waals surface area contributed by atoms with E-state index in [-0.39, 0.29) is 17.7 Å². The van der Waals surface area contributed by atoms with Crippen molar-refractivity contribution in [2.24, 2.45) is 5.92 Å². The fourth-order valence-corrected chi connectivity index (χ4v) is 4.45. The van der Waals surface area contributed by atoms with Gasteiger partial charge in [-0.2, -0.15) is 0 Å². The molecule has 3 rings (SSSR count). The molecule has 2 amide bonds. The SMILES string of the molecule is CCCCN(C)C(=O)C1CCN(C(=O)CSc2nncn2-c2ccc(C)cc2)CC1. The van der Waals surface area contributed by atoms with E-state index >= 15 is 0 Å². The predicted molar refractivity (Wildman–Crippen MR) is 119 cm³/mol. The Labute approximate surface area is 182 Å². The fraction of sp³-hybridized carbons (Fsp3) is 0.545. The molecule has 1 aliphatic rings. The number of amides is 2. The molecule has 0 spiro atoms. The molecule has 1 aliphatic heterocycles. The van der Waals surface area contributed by atoms with Crippen LogP contribution in [0.25, 0.3) is 5.69 Å². The number of thioether (sulfide) groups is 1. The van der Waals surface area contributed by atoms with Gasteiger partial charge in [-0.15, -0.1) is 10.2 Å². The summed E-state index contributed by atoms with van der Waals surface area (Å²) in [6.45, 7) is 6.27. The first-order valence-electron chi connectivity index (χ1n) is 10.6. The van der Waals surface area contributed by atoms with Crippen molar-refractivity contribution < 1.29 is 9.59 Å². The molecule has 1 aromatic heterocycles. The van der Waals surface area contributed by atoms with Gasteiger partial charge in [-0.05, 0) is 38.3 Å². The Morgan fingerprint density at radius 1 is 1.20 bits per heavy atom. The Bertz CT molecular complexity index is 843. The van der Waals surface area contributed by atoms with Gasteiger partial charge in [0.05, 0.1) is 5.75 Å². The van der Waals surface area contributed by atoms with Gasteiger partial charge in [-0.1, -0.05) is 42.8 Å². The van der Waals surface area contributed by atoms with Gasteiger partial charge in [-0.25, -0.2) is 0 Å². The monoisotopic (exact) mass is 429 g/mol. The van der Waals surface area contributed by atoms with Crippen molar-refractivity contribution >= 4 is 23.6 Å². The number of piperidine rings is 1. The summed E-state index contributed by atoms with van der Waals surface area (Å²) >= 11 is 1.40. The maximum atomic E-state index is 12.7. The lowest BCUT2D eigenvalue weighted by Gasteiger charge is -2.33. The second-order valence-corrected chi connectivity index (χ2v) is 8.82. The van der Waals surface area contributed by atoms with E-state index in [4.69, 9.17) is 0 Å². The molecule has 0 radical (unpaired) electrons. The molecule has 1 fully saturated rings. The molecule has 2 heterocycles. The number of hydrogen-bond acceptors (Lipinski definition) is 5. The lowest BCUT2D eigenvalue weighted by molar-refractivity contribution is -0.138. The number of aromatic nitrogens is 3.